The van der Waals surface area contributed by atoms with Crippen molar-refractivity contribution in [3.63, 3.8) is 0 Å². The second-order valence-electron chi connectivity index (χ2n) is 2.72. The first-order chi connectivity index (χ1) is 6.45. The van der Waals surface area contributed by atoms with Crippen molar-refractivity contribution in [2.24, 2.45) is 9.98 Å². The fraction of sp³-hybridized carbons (Fsp3) is 0.750. The third-order valence-electron chi connectivity index (χ3n) is 1.75. The van der Waals surface area contributed by atoms with E-state index >= 15 is 0 Å². The molecule has 13 heavy (non-hydrogen) atoms. The Labute approximate surface area is 76.4 Å². The molecule has 0 aromatic heterocycles. The summed E-state index contributed by atoms with van der Waals surface area (Å²) in [6.07, 6.45) is 1.10. The van der Waals surface area contributed by atoms with E-state index in [0.29, 0.717) is 38.9 Å². The average molecular weight is 184 g/mol. The molecule has 0 bridgehead atoms. The third-order valence-corrected chi connectivity index (χ3v) is 1.75. The smallest absolute Gasteiger partial charge is 0.383 e. The van der Waals surface area contributed by atoms with Gasteiger partial charge < -0.3 is 14.2 Å². The Bertz CT molecular complexity index is 214. The molecule has 0 spiro atoms. The minimum Gasteiger partial charge on any atom is -0.479 e. The molecule has 0 saturated carbocycles. The van der Waals surface area contributed by atoms with E-state index in [2.05, 4.69) is 9.98 Å². The number of aliphatic imine (C=N–C) groups is 2. The van der Waals surface area contributed by atoms with E-state index in [4.69, 9.17) is 14.2 Å². The number of nitrogens with zero attached hydrogens (tertiary/aromatic N) is 2. The first kappa shape index (κ1) is 8.34. The van der Waals surface area contributed by atoms with Gasteiger partial charge in [0.05, 0.1) is 19.5 Å². The largest absolute Gasteiger partial charge is 0.479 e. The fourth-order valence-corrected chi connectivity index (χ4v) is 1.16. The van der Waals surface area contributed by atoms with Gasteiger partial charge in [0.25, 0.3) is 0 Å². The Hall–Kier alpha value is -1.26. The Kier molecular flexibility index (Phi) is 2.64. The van der Waals surface area contributed by atoms with Crippen LogP contribution in [0.3, 0.4) is 0 Å². The highest BCUT2D eigenvalue weighted by Gasteiger charge is 2.10. The van der Waals surface area contributed by atoms with Crippen molar-refractivity contribution in [3.8, 4) is 0 Å². The van der Waals surface area contributed by atoms with Gasteiger partial charge in [0.1, 0.15) is 19.8 Å². The summed E-state index contributed by atoms with van der Waals surface area (Å²) in [7, 11) is 0. The van der Waals surface area contributed by atoms with Crippen LogP contribution < -0.4 is 0 Å². The Morgan fingerprint density at radius 2 is 2.00 bits per heavy atom. The van der Waals surface area contributed by atoms with Gasteiger partial charge in [-0.1, -0.05) is 0 Å². The van der Waals surface area contributed by atoms with Gasteiger partial charge in [-0.3, -0.25) is 4.99 Å². The molecule has 0 amide bonds. The van der Waals surface area contributed by atoms with E-state index in [1.807, 2.05) is 0 Å². The molecule has 0 aliphatic carbocycles. The van der Waals surface area contributed by atoms with Crippen molar-refractivity contribution in [1.29, 1.82) is 0 Å². The standard InChI is InChI=1S/C8H12N2O3/c1(7-9-2-5-11-7)4-12-8-10-3-6-13-8/h1-6H2. The molecule has 0 radical (unpaired) electrons. The summed E-state index contributed by atoms with van der Waals surface area (Å²) in [6.45, 7) is 3.33. The van der Waals surface area contributed by atoms with Gasteiger partial charge in [-0.15, -0.1) is 0 Å². The summed E-state index contributed by atoms with van der Waals surface area (Å²) >= 11 is 0. The monoisotopic (exact) mass is 184 g/mol. The summed E-state index contributed by atoms with van der Waals surface area (Å²) in [6, 6.07) is 0. The zero-order valence-electron chi connectivity index (χ0n) is 7.36. The molecule has 0 fully saturated rings. The second kappa shape index (κ2) is 4.11. The maximum atomic E-state index is 5.23. The van der Waals surface area contributed by atoms with Crippen LogP contribution in [0.4, 0.5) is 0 Å². The predicted octanol–water partition coefficient (Wildman–Crippen LogP) is 0.208. The average Bonchev–Trinajstić information content (AvgIpc) is 2.75. The minimum atomic E-state index is 0.401. The highest BCUT2D eigenvalue weighted by atomic mass is 16.7. The third kappa shape index (κ3) is 2.34. The fourth-order valence-electron chi connectivity index (χ4n) is 1.16. The number of rotatable bonds is 3. The molecule has 2 aliphatic heterocycles. The Balaban J connectivity index is 1.63. The van der Waals surface area contributed by atoms with Crippen LogP contribution in [-0.2, 0) is 14.2 Å². The quantitative estimate of drug-likeness (QED) is 0.630. The maximum absolute atomic E-state index is 5.23. The molecule has 0 unspecified atom stereocenters. The molecular formula is C8H12N2O3. The first-order valence-electron chi connectivity index (χ1n) is 4.41. The van der Waals surface area contributed by atoms with Gasteiger partial charge >= 0.3 is 6.08 Å². The van der Waals surface area contributed by atoms with Gasteiger partial charge in [0.15, 0.2) is 5.90 Å². The lowest BCUT2D eigenvalue weighted by molar-refractivity contribution is 0.191. The Morgan fingerprint density at radius 1 is 1.15 bits per heavy atom. The summed E-state index contributed by atoms with van der Waals surface area (Å²) in [5, 5.41) is 0. The summed E-state index contributed by atoms with van der Waals surface area (Å²) in [4.78, 5) is 8.12. The predicted molar refractivity (Wildman–Crippen MR) is 47.1 cm³/mol. The van der Waals surface area contributed by atoms with Crippen LogP contribution in [-0.4, -0.2) is 44.9 Å². The van der Waals surface area contributed by atoms with E-state index in [1.165, 1.54) is 0 Å². The second-order valence-corrected chi connectivity index (χ2v) is 2.72. The van der Waals surface area contributed by atoms with E-state index in [-0.39, 0.29) is 0 Å². The van der Waals surface area contributed by atoms with E-state index < -0.39 is 0 Å². The molecule has 72 valence electrons. The van der Waals surface area contributed by atoms with Crippen LogP contribution in [0.2, 0.25) is 0 Å². The number of ether oxygens (including phenoxy) is 3. The summed E-state index contributed by atoms with van der Waals surface area (Å²) in [5.41, 5.74) is 0. The van der Waals surface area contributed by atoms with E-state index in [0.717, 1.165) is 12.4 Å². The van der Waals surface area contributed by atoms with Crippen LogP contribution in [0.5, 0.6) is 0 Å². The van der Waals surface area contributed by atoms with Crippen molar-refractivity contribution in [3.05, 3.63) is 0 Å². The van der Waals surface area contributed by atoms with Crippen molar-refractivity contribution in [2.75, 3.05) is 32.9 Å². The lowest BCUT2D eigenvalue weighted by Crippen LogP contribution is -2.10. The molecule has 0 N–H and O–H groups in total. The number of hydrogen-bond acceptors (Lipinski definition) is 5. The van der Waals surface area contributed by atoms with Crippen LogP contribution in [0.15, 0.2) is 9.98 Å². The minimum absolute atomic E-state index is 0.401. The molecule has 0 aromatic rings. The molecule has 0 atom stereocenters. The lowest BCUT2D eigenvalue weighted by Gasteiger charge is -2.04. The molecule has 2 heterocycles. The SMILES string of the molecule is C1COC(CCOC2=NCCO2)=N1. The zero-order valence-corrected chi connectivity index (χ0v) is 7.36. The van der Waals surface area contributed by atoms with Crippen LogP contribution >= 0.6 is 0 Å². The topological polar surface area (TPSA) is 52.4 Å². The van der Waals surface area contributed by atoms with Crippen LogP contribution in [0, 0.1) is 0 Å². The molecule has 5 heteroatoms. The Morgan fingerprint density at radius 3 is 2.69 bits per heavy atom. The molecule has 5 nitrogen and oxygen atoms in total. The highest BCUT2D eigenvalue weighted by molar-refractivity contribution is 5.77. The first-order valence-corrected chi connectivity index (χ1v) is 4.41. The van der Waals surface area contributed by atoms with Crippen molar-refractivity contribution >= 4 is 12.0 Å². The van der Waals surface area contributed by atoms with E-state index in [1.54, 1.807) is 0 Å². The summed E-state index contributed by atoms with van der Waals surface area (Å²) in [5.74, 6) is 0.776. The van der Waals surface area contributed by atoms with Gasteiger partial charge in [0, 0.05) is 0 Å². The van der Waals surface area contributed by atoms with Crippen molar-refractivity contribution < 1.29 is 14.2 Å². The van der Waals surface area contributed by atoms with Gasteiger partial charge in [0.2, 0.25) is 0 Å². The van der Waals surface area contributed by atoms with Gasteiger partial charge in [-0.25, -0.2) is 4.99 Å². The molecular weight excluding hydrogens is 172 g/mol. The van der Waals surface area contributed by atoms with Gasteiger partial charge in [-0.2, -0.15) is 0 Å². The zero-order chi connectivity index (χ0) is 8.93. The molecule has 0 aromatic carbocycles. The number of hydrogen-bond donors (Lipinski definition) is 0. The normalized spacial score (nSPS) is 20.3. The summed E-state index contributed by atoms with van der Waals surface area (Å²) < 4.78 is 15.5. The van der Waals surface area contributed by atoms with Crippen LogP contribution in [0.1, 0.15) is 6.42 Å². The maximum Gasteiger partial charge on any atom is 0.383 e. The molecule has 2 aliphatic rings. The van der Waals surface area contributed by atoms with Crippen molar-refractivity contribution in [1.82, 2.24) is 0 Å². The van der Waals surface area contributed by atoms with Gasteiger partial charge in [-0.05, 0) is 0 Å². The molecule has 2 rings (SSSR count). The van der Waals surface area contributed by atoms with Crippen LogP contribution in [0.25, 0.3) is 0 Å². The van der Waals surface area contributed by atoms with E-state index in [9.17, 15) is 0 Å². The molecule has 0 saturated heterocycles. The lowest BCUT2D eigenvalue weighted by atomic mass is 10.4. The van der Waals surface area contributed by atoms with Crippen molar-refractivity contribution in [2.45, 2.75) is 6.42 Å². The highest BCUT2D eigenvalue weighted by Crippen LogP contribution is 2.01.